The second-order valence-corrected chi connectivity index (χ2v) is 9.70. The van der Waals surface area contributed by atoms with Crippen molar-refractivity contribution in [1.82, 2.24) is 9.97 Å². The number of aromatic carboxylic acids is 1. The number of fused-ring (bicyclic) bond motifs is 1. The highest BCUT2D eigenvalue weighted by Crippen LogP contribution is 2.31. The number of carboxylic acids is 1. The summed E-state index contributed by atoms with van der Waals surface area (Å²) in [5.74, 6) is 0.325. The molecule has 4 rings (SSSR count). The zero-order valence-electron chi connectivity index (χ0n) is 17.4. The topological polar surface area (TPSA) is 99.0 Å². The van der Waals surface area contributed by atoms with Crippen LogP contribution < -0.4 is 4.74 Å². The first kappa shape index (κ1) is 23.3. The summed E-state index contributed by atoms with van der Waals surface area (Å²) < 4.78 is 7.82. The maximum absolute atomic E-state index is 11.0. The number of imidazole rings is 1. The lowest BCUT2D eigenvalue weighted by atomic mass is 10.1. The summed E-state index contributed by atoms with van der Waals surface area (Å²) in [7, 11) is 0. The number of carbonyl (C=O) groups is 1. The molecule has 6 nitrogen and oxygen atoms in total. The molecule has 1 aromatic heterocycles. The van der Waals surface area contributed by atoms with Crippen LogP contribution >= 0.6 is 45.2 Å². The van der Waals surface area contributed by atoms with Crippen molar-refractivity contribution in [2.45, 2.75) is 13.5 Å². The van der Waals surface area contributed by atoms with E-state index in [1.807, 2.05) is 43.3 Å². The van der Waals surface area contributed by atoms with Crippen LogP contribution in [0.15, 0.2) is 54.6 Å². The molecule has 3 aromatic carbocycles. The van der Waals surface area contributed by atoms with Gasteiger partial charge in [0, 0.05) is 0 Å². The standard InChI is InChI=1S/C25H17I2N3O3/c1-14-2-7-21-22(8-14)30-24(29-21)18(12-28)9-16-10-19(26)23(20(27)11-16)33-13-15-3-5-17(6-4-15)25(31)32/h2-11H,13H2,1H3,(H,29,30)(H,31,32)/b18-9-. The highest BCUT2D eigenvalue weighted by atomic mass is 127. The SMILES string of the molecule is Cc1ccc2nc(/C(C#N)=C\c3cc(I)c(OCc4ccc(C(=O)O)cc4)c(I)c3)[nH]c2c1. The number of H-pyrrole nitrogens is 1. The van der Waals surface area contributed by atoms with Gasteiger partial charge in [-0.15, -0.1) is 0 Å². The number of rotatable bonds is 6. The van der Waals surface area contributed by atoms with Crippen LogP contribution in [0.4, 0.5) is 0 Å². The second-order valence-electron chi connectivity index (χ2n) is 7.38. The fourth-order valence-corrected chi connectivity index (χ4v) is 5.40. The maximum atomic E-state index is 11.0. The van der Waals surface area contributed by atoms with Crippen LogP contribution in [0.25, 0.3) is 22.7 Å². The van der Waals surface area contributed by atoms with Gasteiger partial charge in [0.1, 0.15) is 24.3 Å². The number of ether oxygens (including phenoxy) is 1. The van der Waals surface area contributed by atoms with Crippen LogP contribution in [-0.4, -0.2) is 21.0 Å². The molecule has 164 valence electrons. The number of nitrogens with one attached hydrogen (secondary N) is 1. The van der Waals surface area contributed by atoms with Crippen LogP contribution in [0, 0.1) is 25.4 Å². The van der Waals surface area contributed by atoms with Gasteiger partial charge in [-0.3, -0.25) is 0 Å². The summed E-state index contributed by atoms with van der Waals surface area (Å²) in [5.41, 5.74) is 5.28. The van der Waals surface area contributed by atoms with E-state index < -0.39 is 5.97 Å². The molecule has 0 amide bonds. The Morgan fingerprint density at radius 1 is 1.15 bits per heavy atom. The van der Waals surface area contributed by atoms with E-state index in [2.05, 4.69) is 61.2 Å². The van der Waals surface area contributed by atoms with Crippen LogP contribution in [0.5, 0.6) is 5.75 Å². The van der Waals surface area contributed by atoms with Gasteiger partial charge in [-0.05, 0) is 111 Å². The van der Waals surface area contributed by atoms with E-state index in [-0.39, 0.29) is 5.56 Å². The number of benzene rings is 3. The highest BCUT2D eigenvalue weighted by molar-refractivity contribution is 14.1. The molecule has 0 unspecified atom stereocenters. The largest absolute Gasteiger partial charge is 0.487 e. The lowest BCUT2D eigenvalue weighted by Gasteiger charge is -2.12. The van der Waals surface area contributed by atoms with E-state index >= 15 is 0 Å². The summed E-state index contributed by atoms with van der Waals surface area (Å²) >= 11 is 4.43. The molecule has 0 saturated carbocycles. The summed E-state index contributed by atoms with van der Waals surface area (Å²) in [6.45, 7) is 2.34. The lowest BCUT2D eigenvalue weighted by molar-refractivity contribution is 0.0697. The predicted octanol–water partition coefficient (Wildman–Crippen LogP) is 6.42. The fraction of sp³-hybridized carbons (Fsp3) is 0.0800. The Hall–Kier alpha value is -2.91. The summed E-state index contributed by atoms with van der Waals surface area (Å²) in [6.07, 6.45) is 1.81. The Bertz CT molecular complexity index is 1410. The molecule has 33 heavy (non-hydrogen) atoms. The van der Waals surface area contributed by atoms with Crippen molar-refractivity contribution in [1.29, 1.82) is 5.26 Å². The number of aromatic nitrogens is 2. The quantitative estimate of drug-likeness (QED) is 0.184. The number of halogens is 2. The molecule has 0 radical (unpaired) electrons. The van der Waals surface area contributed by atoms with Gasteiger partial charge >= 0.3 is 5.97 Å². The Morgan fingerprint density at radius 2 is 1.85 bits per heavy atom. The average Bonchev–Trinajstić information content (AvgIpc) is 3.20. The first-order chi connectivity index (χ1) is 15.8. The van der Waals surface area contributed by atoms with Crippen molar-refractivity contribution in [2.75, 3.05) is 0 Å². The van der Waals surface area contributed by atoms with E-state index in [4.69, 9.17) is 9.84 Å². The predicted molar refractivity (Wildman–Crippen MR) is 144 cm³/mol. The zero-order valence-corrected chi connectivity index (χ0v) is 21.7. The molecule has 0 bridgehead atoms. The van der Waals surface area contributed by atoms with Crippen molar-refractivity contribution in [3.8, 4) is 11.8 Å². The third kappa shape index (κ3) is 5.36. The van der Waals surface area contributed by atoms with Crippen molar-refractivity contribution < 1.29 is 14.6 Å². The Labute approximate surface area is 217 Å². The van der Waals surface area contributed by atoms with E-state index in [9.17, 15) is 10.1 Å². The Morgan fingerprint density at radius 3 is 2.48 bits per heavy atom. The Kier molecular flexibility index (Phi) is 6.99. The average molecular weight is 661 g/mol. The summed E-state index contributed by atoms with van der Waals surface area (Å²) in [5, 5.41) is 18.8. The minimum Gasteiger partial charge on any atom is -0.487 e. The van der Waals surface area contributed by atoms with E-state index in [0.717, 1.165) is 40.6 Å². The van der Waals surface area contributed by atoms with Gasteiger partial charge in [0.05, 0.1) is 29.3 Å². The van der Waals surface area contributed by atoms with Gasteiger partial charge in [0.2, 0.25) is 0 Å². The lowest BCUT2D eigenvalue weighted by Crippen LogP contribution is -2.01. The van der Waals surface area contributed by atoms with Gasteiger partial charge in [0.15, 0.2) is 0 Å². The number of allylic oxidation sites excluding steroid dienone is 1. The first-order valence-corrected chi connectivity index (χ1v) is 12.0. The smallest absolute Gasteiger partial charge is 0.335 e. The van der Waals surface area contributed by atoms with E-state index in [0.29, 0.717) is 18.0 Å². The molecule has 0 aliphatic rings. The first-order valence-electron chi connectivity index (χ1n) is 9.86. The number of carboxylic acid groups (broad SMARTS) is 1. The van der Waals surface area contributed by atoms with Gasteiger partial charge in [-0.1, -0.05) is 18.2 Å². The van der Waals surface area contributed by atoms with E-state index in [1.54, 1.807) is 24.3 Å². The highest BCUT2D eigenvalue weighted by Gasteiger charge is 2.12. The van der Waals surface area contributed by atoms with Crippen LogP contribution in [0.2, 0.25) is 0 Å². The van der Waals surface area contributed by atoms with Crippen molar-refractivity contribution in [3.63, 3.8) is 0 Å². The number of hydrogen-bond donors (Lipinski definition) is 2. The number of hydrogen-bond acceptors (Lipinski definition) is 4. The molecule has 0 fully saturated rings. The second kappa shape index (κ2) is 9.93. The number of aromatic amines is 1. The fourth-order valence-electron chi connectivity index (χ4n) is 3.27. The minimum atomic E-state index is -0.954. The molecule has 0 saturated heterocycles. The van der Waals surface area contributed by atoms with Crippen molar-refractivity contribution in [2.24, 2.45) is 0 Å². The van der Waals surface area contributed by atoms with Crippen LogP contribution in [0.1, 0.15) is 32.9 Å². The van der Waals surface area contributed by atoms with Gasteiger partial charge < -0.3 is 14.8 Å². The van der Waals surface area contributed by atoms with Crippen LogP contribution in [0.3, 0.4) is 0 Å². The molecular formula is C25H17I2N3O3. The molecule has 2 N–H and O–H groups in total. The molecule has 4 aromatic rings. The Balaban J connectivity index is 1.56. The summed E-state index contributed by atoms with van der Waals surface area (Å²) in [6, 6.07) is 18.7. The number of nitrogens with zero attached hydrogens (tertiary/aromatic N) is 2. The summed E-state index contributed by atoms with van der Waals surface area (Å²) in [4.78, 5) is 18.8. The van der Waals surface area contributed by atoms with E-state index in [1.165, 1.54) is 0 Å². The third-order valence-electron chi connectivity index (χ3n) is 4.93. The monoisotopic (exact) mass is 661 g/mol. The van der Waals surface area contributed by atoms with Crippen molar-refractivity contribution >= 4 is 73.8 Å². The molecule has 0 aliphatic heterocycles. The minimum absolute atomic E-state index is 0.243. The number of nitriles is 1. The molecule has 0 aliphatic carbocycles. The van der Waals surface area contributed by atoms with Gasteiger partial charge in [-0.2, -0.15) is 5.26 Å². The van der Waals surface area contributed by atoms with Gasteiger partial charge in [0.25, 0.3) is 0 Å². The molecule has 1 heterocycles. The van der Waals surface area contributed by atoms with Crippen LogP contribution in [-0.2, 0) is 6.61 Å². The van der Waals surface area contributed by atoms with Gasteiger partial charge in [-0.25, -0.2) is 9.78 Å². The molecule has 0 atom stereocenters. The normalized spacial score (nSPS) is 11.4. The van der Waals surface area contributed by atoms with Crippen molar-refractivity contribution in [3.05, 3.63) is 89.8 Å². The zero-order chi connectivity index (χ0) is 23.5. The number of aryl methyl sites for hydroxylation is 1. The molecule has 8 heteroatoms. The maximum Gasteiger partial charge on any atom is 0.335 e. The molecular weight excluding hydrogens is 644 g/mol. The molecule has 0 spiro atoms. The third-order valence-corrected chi connectivity index (χ3v) is 6.53.